The Morgan fingerprint density at radius 3 is 1.85 bits per heavy atom. The zero-order valence-corrected chi connectivity index (χ0v) is 29.6. The van der Waals surface area contributed by atoms with E-state index in [4.69, 9.17) is 4.99 Å². The smallest absolute Gasteiger partial charge is 0.0790 e. The second-order valence-electron chi connectivity index (χ2n) is 14.5. The molecule has 250 valence electrons. The third kappa shape index (κ3) is 5.77. The van der Waals surface area contributed by atoms with Crippen LogP contribution in [0.5, 0.6) is 0 Å². The summed E-state index contributed by atoms with van der Waals surface area (Å²) in [6.07, 6.45) is 10.1. The quantitative estimate of drug-likeness (QED) is 0.175. The van der Waals surface area contributed by atoms with Crippen molar-refractivity contribution in [2.24, 2.45) is 4.99 Å². The van der Waals surface area contributed by atoms with E-state index in [0.717, 1.165) is 34.5 Å². The van der Waals surface area contributed by atoms with Gasteiger partial charge in [-0.05, 0) is 110 Å². The maximum atomic E-state index is 5.19. The van der Waals surface area contributed by atoms with Gasteiger partial charge in [0.2, 0.25) is 0 Å². The first-order valence-electron chi connectivity index (χ1n) is 18.2. The first kappa shape index (κ1) is 31.7. The first-order valence-corrected chi connectivity index (χ1v) is 18.2. The molecule has 2 aliphatic heterocycles. The molecule has 0 fully saturated rings. The summed E-state index contributed by atoms with van der Waals surface area (Å²) in [5, 5.41) is 8.92. The maximum Gasteiger partial charge on any atom is 0.0790 e. The zero-order valence-electron chi connectivity index (χ0n) is 29.6. The van der Waals surface area contributed by atoms with E-state index >= 15 is 0 Å². The van der Waals surface area contributed by atoms with Crippen molar-refractivity contribution in [3.8, 4) is 11.1 Å². The molecule has 0 amide bonds. The molecule has 1 N–H and O–H groups in total. The second kappa shape index (κ2) is 12.8. The van der Waals surface area contributed by atoms with Crippen LogP contribution in [0.25, 0.3) is 49.6 Å². The summed E-state index contributed by atoms with van der Waals surface area (Å²) in [5.74, 6) is 0. The molecular formula is C50H40N2. The highest BCUT2D eigenvalue weighted by atomic mass is 15.0. The van der Waals surface area contributed by atoms with Crippen LogP contribution in [-0.4, -0.2) is 6.21 Å². The lowest BCUT2D eigenvalue weighted by molar-refractivity contribution is 0.538. The Labute approximate surface area is 306 Å². The van der Waals surface area contributed by atoms with Crippen molar-refractivity contribution in [3.63, 3.8) is 0 Å². The van der Waals surface area contributed by atoms with E-state index in [1.54, 1.807) is 0 Å². The highest BCUT2D eigenvalue weighted by Crippen LogP contribution is 2.42. The van der Waals surface area contributed by atoms with E-state index in [1.165, 1.54) is 49.4 Å². The van der Waals surface area contributed by atoms with Crippen molar-refractivity contribution in [1.29, 1.82) is 0 Å². The lowest BCUT2D eigenvalue weighted by atomic mass is 9.78. The Bertz CT molecular complexity index is 2580. The monoisotopic (exact) mass is 668 g/mol. The van der Waals surface area contributed by atoms with Gasteiger partial charge in [-0.1, -0.05) is 153 Å². The molecule has 7 aromatic carbocycles. The van der Waals surface area contributed by atoms with E-state index in [2.05, 4.69) is 207 Å². The molecule has 0 radical (unpaired) electrons. The van der Waals surface area contributed by atoms with Gasteiger partial charge in [0.1, 0.15) is 0 Å². The molecule has 0 aliphatic carbocycles. The molecular weight excluding hydrogens is 629 g/mol. The third-order valence-electron chi connectivity index (χ3n) is 10.9. The third-order valence-corrected chi connectivity index (χ3v) is 10.9. The summed E-state index contributed by atoms with van der Waals surface area (Å²) in [6.45, 7) is 4.56. The van der Waals surface area contributed by atoms with Crippen molar-refractivity contribution in [1.82, 2.24) is 5.32 Å². The van der Waals surface area contributed by atoms with Crippen LogP contribution >= 0.6 is 0 Å². The number of hydrogen-bond donors (Lipinski definition) is 1. The molecule has 2 heterocycles. The number of benzene rings is 7. The van der Waals surface area contributed by atoms with Gasteiger partial charge in [0.25, 0.3) is 0 Å². The topological polar surface area (TPSA) is 24.4 Å². The minimum Gasteiger partial charge on any atom is -0.372 e. The zero-order chi connectivity index (χ0) is 35.1. The van der Waals surface area contributed by atoms with Gasteiger partial charge in [-0.15, -0.1) is 0 Å². The van der Waals surface area contributed by atoms with Crippen LogP contribution in [0.2, 0.25) is 0 Å². The van der Waals surface area contributed by atoms with Crippen LogP contribution in [0.3, 0.4) is 0 Å². The van der Waals surface area contributed by atoms with E-state index in [0.29, 0.717) is 0 Å². The van der Waals surface area contributed by atoms with Gasteiger partial charge in [-0.2, -0.15) is 0 Å². The van der Waals surface area contributed by atoms with E-state index < -0.39 is 5.54 Å². The molecule has 0 bridgehead atoms. The Balaban J connectivity index is 1.26. The van der Waals surface area contributed by atoms with Crippen LogP contribution in [-0.2, 0) is 11.0 Å². The van der Waals surface area contributed by atoms with Crippen LogP contribution in [0.4, 0.5) is 0 Å². The summed E-state index contributed by atoms with van der Waals surface area (Å²) in [7, 11) is 0. The molecule has 2 heteroatoms. The van der Waals surface area contributed by atoms with Gasteiger partial charge < -0.3 is 5.32 Å². The van der Waals surface area contributed by atoms with Gasteiger partial charge in [-0.3, -0.25) is 4.99 Å². The molecule has 2 atom stereocenters. The lowest BCUT2D eigenvalue weighted by Crippen LogP contribution is -2.38. The summed E-state index contributed by atoms with van der Waals surface area (Å²) < 4.78 is 0. The summed E-state index contributed by atoms with van der Waals surface area (Å²) in [6, 6.07) is 59.1. The van der Waals surface area contributed by atoms with Gasteiger partial charge in [0.15, 0.2) is 0 Å². The first-order chi connectivity index (χ1) is 25.5. The number of fused-ring (bicyclic) bond motifs is 3. The molecule has 0 saturated carbocycles. The molecule has 2 unspecified atom stereocenters. The molecule has 2 aliphatic rings. The fraction of sp³-hybridized carbons (Fsp3) is 0.100. The number of nitrogens with zero attached hydrogens (tertiary/aromatic N) is 1. The predicted molar refractivity (Wildman–Crippen MR) is 221 cm³/mol. The minimum absolute atomic E-state index is 0.151. The van der Waals surface area contributed by atoms with Crippen molar-refractivity contribution in [2.75, 3.05) is 0 Å². The minimum atomic E-state index is -0.428. The van der Waals surface area contributed by atoms with Gasteiger partial charge in [-0.25, -0.2) is 0 Å². The van der Waals surface area contributed by atoms with Crippen LogP contribution in [0, 0.1) is 0 Å². The largest absolute Gasteiger partial charge is 0.372 e. The van der Waals surface area contributed by atoms with Crippen LogP contribution < -0.4 is 5.32 Å². The summed E-state index contributed by atoms with van der Waals surface area (Å²) >= 11 is 0. The molecule has 9 rings (SSSR count). The predicted octanol–water partition coefficient (Wildman–Crippen LogP) is 12.4. The van der Waals surface area contributed by atoms with Gasteiger partial charge in [0, 0.05) is 22.9 Å². The number of hydrogen-bond acceptors (Lipinski definition) is 2. The van der Waals surface area contributed by atoms with Crippen LogP contribution in [0.15, 0.2) is 187 Å². The Morgan fingerprint density at radius 2 is 1.13 bits per heavy atom. The number of allylic oxidation sites excluding steroid dienone is 3. The van der Waals surface area contributed by atoms with Crippen molar-refractivity contribution in [2.45, 2.75) is 31.2 Å². The van der Waals surface area contributed by atoms with Gasteiger partial charge in [0.05, 0.1) is 11.2 Å². The van der Waals surface area contributed by atoms with Crippen molar-refractivity contribution >= 4 is 44.7 Å². The summed E-state index contributed by atoms with van der Waals surface area (Å²) in [4.78, 5) is 5.19. The van der Waals surface area contributed by atoms with E-state index in [1.807, 2.05) is 0 Å². The van der Waals surface area contributed by atoms with E-state index in [-0.39, 0.29) is 5.41 Å². The van der Waals surface area contributed by atoms with Crippen molar-refractivity contribution < 1.29 is 0 Å². The highest BCUT2D eigenvalue weighted by Gasteiger charge is 2.30. The fourth-order valence-electron chi connectivity index (χ4n) is 7.96. The molecule has 0 spiro atoms. The SMILES string of the molecule is CC1(c2ccccc2)C=NC(c2cc(C3=CC(C)(c4ccccc4)NC(c4ccccc4)=C3)cc(-c3cc4ccccc4c4ccccc34)c2)=CC1. The van der Waals surface area contributed by atoms with Crippen LogP contribution in [0.1, 0.15) is 48.1 Å². The molecule has 0 saturated heterocycles. The standard InChI is InChI=1S/C50H40N2/c1-49(41-19-8-4-9-20-41)27-26-47(51-34-49)39-29-37(28-38(30-39)46-31-36-18-12-13-23-43(36)44-24-14-15-25-45(44)46)40-32-48(35-16-6-3-7-17-35)52-50(2,33-40)42-21-10-5-11-22-42/h3-26,28-34,52H,27H2,1-2H3. The number of nitrogens with one attached hydrogen (secondary N) is 1. The number of dihydropyridines is 1. The molecule has 52 heavy (non-hydrogen) atoms. The molecule has 2 nitrogen and oxygen atoms in total. The molecule has 0 aromatic heterocycles. The maximum absolute atomic E-state index is 5.19. The van der Waals surface area contributed by atoms with Gasteiger partial charge >= 0.3 is 0 Å². The lowest BCUT2D eigenvalue weighted by Gasteiger charge is -2.35. The average Bonchev–Trinajstić information content (AvgIpc) is 3.21. The van der Waals surface area contributed by atoms with Crippen molar-refractivity contribution in [3.05, 3.63) is 210 Å². The Kier molecular flexibility index (Phi) is 7.82. The Morgan fingerprint density at radius 1 is 0.538 bits per heavy atom. The summed E-state index contributed by atoms with van der Waals surface area (Å²) in [5.41, 5.74) is 11.0. The number of aliphatic imine (C=N–C) groups is 1. The number of rotatable bonds is 6. The molecule has 7 aromatic rings. The average molecular weight is 669 g/mol. The second-order valence-corrected chi connectivity index (χ2v) is 14.5. The Hall–Kier alpha value is -6.25. The highest BCUT2D eigenvalue weighted by molar-refractivity contribution is 6.14. The van der Waals surface area contributed by atoms with E-state index in [9.17, 15) is 0 Å². The fourth-order valence-corrected chi connectivity index (χ4v) is 7.96. The normalized spacial score (nSPS) is 19.8.